The number of terminal acetylenes is 1. The van der Waals surface area contributed by atoms with Gasteiger partial charge in [-0.3, -0.25) is 4.98 Å². The van der Waals surface area contributed by atoms with Crippen LogP contribution in [-0.4, -0.2) is 13.9 Å². The maximum absolute atomic E-state index is 12.2. The highest BCUT2D eigenvalue weighted by Crippen LogP contribution is 2.24. The molecule has 0 saturated heterocycles. The van der Waals surface area contributed by atoms with E-state index in [0.29, 0.717) is 0 Å². The van der Waals surface area contributed by atoms with Gasteiger partial charge in [-0.1, -0.05) is 30.2 Å². The van der Waals surface area contributed by atoms with Crippen molar-refractivity contribution in [3.8, 4) is 12.3 Å². The van der Waals surface area contributed by atoms with Gasteiger partial charge in [-0.05, 0) is 26.2 Å². The van der Waals surface area contributed by atoms with E-state index in [0.717, 1.165) is 16.3 Å². The number of hydrogen-bond acceptors (Lipinski definition) is 2. The van der Waals surface area contributed by atoms with Crippen molar-refractivity contribution in [3.63, 3.8) is 0 Å². The highest BCUT2D eigenvalue weighted by atomic mass is 32.2. The molecule has 20 heavy (non-hydrogen) atoms. The van der Waals surface area contributed by atoms with E-state index in [1.54, 1.807) is 12.4 Å². The van der Waals surface area contributed by atoms with Crippen molar-refractivity contribution in [2.45, 2.75) is 31.6 Å². The second-order valence-electron chi connectivity index (χ2n) is 5.55. The Hall–Kier alpha value is -1.70. The van der Waals surface area contributed by atoms with E-state index in [1.807, 2.05) is 45.0 Å². The average Bonchev–Trinajstić information content (AvgIpc) is 2.43. The van der Waals surface area contributed by atoms with Gasteiger partial charge in [0.1, 0.15) is 6.04 Å². The lowest BCUT2D eigenvalue weighted by Gasteiger charge is -2.22. The number of aromatic nitrogens is 1. The van der Waals surface area contributed by atoms with Gasteiger partial charge in [0.15, 0.2) is 0 Å². The van der Waals surface area contributed by atoms with Crippen LogP contribution in [0, 0.1) is 12.3 Å². The van der Waals surface area contributed by atoms with Crippen LogP contribution >= 0.6 is 0 Å². The smallest absolute Gasteiger partial charge is 0.107 e. The topological polar surface area (TPSA) is 42.0 Å². The molecule has 0 saturated carbocycles. The lowest BCUT2D eigenvalue weighted by Crippen LogP contribution is -2.35. The molecular weight excluding hydrogens is 268 g/mol. The summed E-state index contributed by atoms with van der Waals surface area (Å²) >= 11 is 0. The van der Waals surface area contributed by atoms with Crippen LogP contribution < -0.4 is 4.72 Å². The van der Waals surface area contributed by atoms with Gasteiger partial charge in [0.05, 0.1) is 15.7 Å². The number of pyridine rings is 1. The fourth-order valence-electron chi connectivity index (χ4n) is 1.84. The summed E-state index contributed by atoms with van der Waals surface area (Å²) < 4.78 is 14.9. The molecule has 2 rings (SSSR count). The number of hydrogen-bond donors (Lipinski definition) is 1. The molecule has 104 valence electrons. The van der Waals surface area contributed by atoms with Crippen LogP contribution in [0.5, 0.6) is 0 Å². The minimum absolute atomic E-state index is 0.368. The lowest BCUT2D eigenvalue weighted by molar-refractivity contribution is 0.629. The van der Waals surface area contributed by atoms with Crippen LogP contribution in [0.3, 0.4) is 0 Å². The fourth-order valence-corrected chi connectivity index (χ4v) is 2.60. The molecule has 0 aliphatic heterocycles. The van der Waals surface area contributed by atoms with Crippen LogP contribution in [0.1, 0.15) is 32.4 Å². The Labute approximate surface area is 122 Å². The summed E-state index contributed by atoms with van der Waals surface area (Å²) in [6.45, 7) is 5.72. The zero-order valence-electron chi connectivity index (χ0n) is 11.9. The van der Waals surface area contributed by atoms with Crippen molar-refractivity contribution in [2.24, 2.45) is 0 Å². The molecule has 1 aromatic heterocycles. The minimum atomic E-state index is -1.23. The Morgan fingerprint density at radius 3 is 2.65 bits per heavy atom. The third kappa shape index (κ3) is 3.06. The maximum atomic E-state index is 12.2. The zero-order chi connectivity index (χ0) is 14.8. The van der Waals surface area contributed by atoms with Gasteiger partial charge in [0, 0.05) is 23.3 Å². The molecule has 1 aromatic carbocycles. The maximum Gasteiger partial charge on any atom is 0.107 e. The third-order valence-corrected chi connectivity index (χ3v) is 4.52. The summed E-state index contributed by atoms with van der Waals surface area (Å²) in [5, 5.41) is 2.05. The second kappa shape index (κ2) is 5.74. The first-order valence-corrected chi connectivity index (χ1v) is 7.55. The highest BCUT2D eigenvalue weighted by molar-refractivity contribution is 7.84. The van der Waals surface area contributed by atoms with E-state index < -0.39 is 17.0 Å². The molecule has 3 nitrogen and oxygen atoms in total. The quantitative estimate of drug-likeness (QED) is 0.881. The predicted octanol–water partition coefficient (Wildman–Crippen LogP) is 2.96. The van der Waals surface area contributed by atoms with Crippen LogP contribution in [0.4, 0.5) is 0 Å². The summed E-state index contributed by atoms with van der Waals surface area (Å²) in [6, 6.07) is 7.48. The van der Waals surface area contributed by atoms with Crippen LogP contribution in [0.15, 0.2) is 36.7 Å². The Morgan fingerprint density at radius 1 is 1.30 bits per heavy atom. The van der Waals surface area contributed by atoms with Crippen LogP contribution in [0.25, 0.3) is 10.8 Å². The van der Waals surface area contributed by atoms with Gasteiger partial charge < -0.3 is 0 Å². The van der Waals surface area contributed by atoms with Gasteiger partial charge in [-0.15, -0.1) is 6.42 Å². The van der Waals surface area contributed by atoms with Gasteiger partial charge in [0.2, 0.25) is 0 Å². The molecule has 1 N–H and O–H groups in total. The first kappa shape index (κ1) is 14.7. The number of benzene rings is 1. The first-order chi connectivity index (χ1) is 9.43. The van der Waals surface area contributed by atoms with Crippen LogP contribution in [-0.2, 0) is 11.0 Å². The molecule has 0 bridgehead atoms. The van der Waals surface area contributed by atoms with E-state index in [9.17, 15) is 4.21 Å². The van der Waals surface area contributed by atoms with Crippen molar-refractivity contribution < 1.29 is 4.21 Å². The molecule has 0 radical (unpaired) electrons. The van der Waals surface area contributed by atoms with Crippen molar-refractivity contribution in [2.75, 3.05) is 0 Å². The summed E-state index contributed by atoms with van der Waals surface area (Å²) in [7, 11) is -1.23. The van der Waals surface area contributed by atoms with E-state index in [4.69, 9.17) is 6.42 Å². The Bertz CT molecular complexity index is 677. The Balaban J connectivity index is 2.41. The molecule has 2 aromatic rings. The Kier molecular flexibility index (Phi) is 4.22. The predicted molar refractivity (Wildman–Crippen MR) is 84.3 cm³/mol. The second-order valence-corrected chi connectivity index (χ2v) is 7.55. The van der Waals surface area contributed by atoms with E-state index >= 15 is 0 Å². The molecule has 0 aliphatic carbocycles. The van der Waals surface area contributed by atoms with E-state index in [2.05, 4.69) is 15.6 Å². The van der Waals surface area contributed by atoms with Crippen LogP contribution in [0.2, 0.25) is 0 Å². The fraction of sp³-hybridized carbons (Fsp3) is 0.312. The highest BCUT2D eigenvalue weighted by Gasteiger charge is 2.23. The Morgan fingerprint density at radius 2 is 2.00 bits per heavy atom. The molecule has 2 unspecified atom stereocenters. The zero-order valence-corrected chi connectivity index (χ0v) is 12.7. The van der Waals surface area contributed by atoms with Gasteiger partial charge in [-0.25, -0.2) is 8.93 Å². The number of nitrogens with zero attached hydrogens (tertiary/aromatic N) is 1. The molecule has 0 spiro atoms. The average molecular weight is 286 g/mol. The van der Waals surface area contributed by atoms with Crippen molar-refractivity contribution in [1.82, 2.24) is 9.71 Å². The normalized spacial score (nSPS) is 14.7. The van der Waals surface area contributed by atoms with Gasteiger partial charge in [-0.2, -0.15) is 0 Å². The van der Waals surface area contributed by atoms with Gasteiger partial charge in [0.25, 0.3) is 0 Å². The molecule has 0 fully saturated rings. The third-order valence-electron chi connectivity index (χ3n) is 2.96. The van der Waals surface area contributed by atoms with E-state index in [-0.39, 0.29) is 4.75 Å². The molecular formula is C16H18N2OS. The summed E-state index contributed by atoms with van der Waals surface area (Å²) in [4.78, 5) is 4.22. The largest absolute Gasteiger partial charge is 0.264 e. The van der Waals surface area contributed by atoms with E-state index in [1.165, 1.54) is 0 Å². The number of nitrogens with one attached hydrogen (secondary N) is 1. The van der Waals surface area contributed by atoms with Crippen molar-refractivity contribution in [1.29, 1.82) is 0 Å². The van der Waals surface area contributed by atoms with Crippen molar-refractivity contribution >= 4 is 21.8 Å². The summed E-state index contributed by atoms with van der Waals surface area (Å²) in [5.41, 5.74) is 0.878. The summed E-state index contributed by atoms with van der Waals surface area (Å²) in [6.07, 6.45) is 9.15. The van der Waals surface area contributed by atoms with Crippen molar-refractivity contribution in [3.05, 3.63) is 42.2 Å². The summed E-state index contributed by atoms with van der Waals surface area (Å²) in [5.74, 6) is 2.67. The molecule has 0 amide bonds. The minimum Gasteiger partial charge on any atom is -0.264 e. The standard InChI is InChI=1S/C16H18N2OS/c1-5-15(18-20(19)16(2,3)4)14-11-17-10-12-8-6-7-9-13(12)14/h1,6-11,15,18H,2-4H3. The molecule has 0 aliphatic rings. The first-order valence-electron chi connectivity index (χ1n) is 6.40. The monoisotopic (exact) mass is 286 g/mol. The SMILES string of the molecule is C#CC(NS(=O)C(C)(C)C)c1cncc2ccccc12. The molecule has 1 heterocycles. The number of fused-ring (bicyclic) bond motifs is 1. The lowest BCUT2D eigenvalue weighted by atomic mass is 10.0. The molecule has 2 atom stereocenters. The molecule has 4 heteroatoms. The van der Waals surface area contributed by atoms with Gasteiger partial charge >= 0.3 is 0 Å². The number of rotatable bonds is 3.